The molecule has 0 radical (unpaired) electrons. The van der Waals surface area contributed by atoms with Crippen molar-refractivity contribution in [3.63, 3.8) is 0 Å². The van der Waals surface area contributed by atoms with Crippen molar-refractivity contribution in [1.29, 1.82) is 0 Å². The largest absolute Gasteiger partial charge is 0.294 e. The summed E-state index contributed by atoms with van der Waals surface area (Å²) in [5, 5.41) is 0. The molecule has 0 aliphatic carbocycles. The number of halogens is 2. The van der Waals surface area contributed by atoms with Crippen LogP contribution in [0.5, 0.6) is 0 Å². The zero-order chi connectivity index (χ0) is 9.84. The van der Waals surface area contributed by atoms with Crippen molar-refractivity contribution in [3.8, 4) is 0 Å². The van der Waals surface area contributed by atoms with Crippen LogP contribution >= 0.6 is 27.5 Å². The van der Waals surface area contributed by atoms with Gasteiger partial charge < -0.3 is 0 Å². The summed E-state index contributed by atoms with van der Waals surface area (Å²) in [6.45, 7) is 1.92. The van der Waals surface area contributed by atoms with Crippen molar-refractivity contribution < 1.29 is 4.79 Å². The average molecular weight is 262 g/mol. The maximum Gasteiger partial charge on any atom is 0.164 e. The number of hydrogen-bond donors (Lipinski definition) is 0. The fourth-order valence-electron chi connectivity index (χ4n) is 1.13. The lowest BCUT2D eigenvalue weighted by atomic mass is 10.0. The first-order valence-corrected chi connectivity index (χ1v) is 5.34. The van der Waals surface area contributed by atoms with Gasteiger partial charge in [-0.3, -0.25) is 4.79 Å². The fourth-order valence-corrected chi connectivity index (χ4v) is 1.67. The number of Topliss-reactive ketones (excluding diaryl/α,β-unsaturated/α-hetero) is 1. The van der Waals surface area contributed by atoms with Gasteiger partial charge in [0.25, 0.3) is 0 Å². The van der Waals surface area contributed by atoms with Crippen LogP contribution in [0.2, 0.25) is 0 Å². The Balaban J connectivity index is 3.01. The predicted molar refractivity (Wildman–Crippen MR) is 58.5 cm³/mol. The lowest BCUT2D eigenvalue weighted by Gasteiger charge is -2.04. The summed E-state index contributed by atoms with van der Waals surface area (Å²) in [6.07, 6.45) is 0.402. The lowest BCUT2D eigenvalue weighted by Crippen LogP contribution is -2.02. The van der Waals surface area contributed by atoms with Gasteiger partial charge in [-0.05, 0) is 18.6 Å². The highest BCUT2D eigenvalue weighted by Gasteiger charge is 2.09. The molecule has 0 saturated heterocycles. The van der Waals surface area contributed by atoms with E-state index in [1.54, 1.807) is 0 Å². The first kappa shape index (κ1) is 10.7. The Morgan fingerprint density at radius 1 is 1.54 bits per heavy atom. The Labute approximate surface area is 91.2 Å². The summed E-state index contributed by atoms with van der Waals surface area (Å²) in [4.78, 5) is 11.5. The van der Waals surface area contributed by atoms with Gasteiger partial charge in [-0.15, -0.1) is 11.6 Å². The zero-order valence-electron chi connectivity index (χ0n) is 7.31. The highest BCUT2D eigenvalue weighted by atomic mass is 79.9. The third kappa shape index (κ3) is 2.55. The normalized spacial score (nSPS) is 10.1. The van der Waals surface area contributed by atoms with Crippen molar-refractivity contribution in [1.82, 2.24) is 0 Å². The van der Waals surface area contributed by atoms with E-state index >= 15 is 0 Å². The quantitative estimate of drug-likeness (QED) is 0.600. The molecule has 0 N–H and O–H groups in total. The molecule has 0 aliphatic rings. The molecule has 13 heavy (non-hydrogen) atoms. The van der Waals surface area contributed by atoms with E-state index in [-0.39, 0.29) is 5.78 Å². The summed E-state index contributed by atoms with van der Waals surface area (Å²) >= 11 is 8.89. The number of carbonyl (C=O) groups excluding carboxylic acids is 1. The van der Waals surface area contributed by atoms with Crippen LogP contribution in [0, 0.1) is 6.92 Å². The molecule has 0 heterocycles. The van der Waals surface area contributed by atoms with E-state index in [2.05, 4.69) is 15.9 Å². The number of benzene rings is 1. The highest BCUT2D eigenvalue weighted by Crippen LogP contribution is 2.20. The second kappa shape index (κ2) is 4.77. The standard InChI is InChI=1S/C10H10BrClO/c1-7-8(10(13)5-6-12)3-2-4-9(7)11/h2-4H,5-6H2,1H3. The molecule has 0 unspecified atom stereocenters. The fraction of sp³-hybridized carbons (Fsp3) is 0.300. The van der Waals surface area contributed by atoms with Crippen LogP contribution in [0.15, 0.2) is 22.7 Å². The zero-order valence-corrected chi connectivity index (χ0v) is 9.65. The van der Waals surface area contributed by atoms with Gasteiger partial charge in [-0.25, -0.2) is 0 Å². The predicted octanol–water partition coefficient (Wildman–Crippen LogP) is 3.57. The molecule has 70 valence electrons. The number of carbonyl (C=O) groups is 1. The van der Waals surface area contributed by atoms with E-state index in [1.165, 1.54) is 0 Å². The summed E-state index contributed by atoms with van der Waals surface area (Å²) in [5.41, 5.74) is 1.74. The van der Waals surface area contributed by atoms with Gasteiger partial charge in [0.1, 0.15) is 0 Å². The molecule has 1 rings (SSSR count). The molecule has 0 saturated carbocycles. The Morgan fingerprint density at radius 3 is 2.85 bits per heavy atom. The van der Waals surface area contributed by atoms with E-state index in [1.807, 2.05) is 25.1 Å². The second-order valence-electron chi connectivity index (χ2n) is 2.77. The third-order valence-corrected chi connectivity index (χ3v) is 2.94. The summed E-state index contributed by atoms with van der Waals surface area (Å²) in [6, 6.07) is 5.61. The van der Waals surface area contributed by atoms with Gasteiger partial charge in [-0.1, -0.05) is 28.1 Å². The SMILES string of the molecule is Cc1c(Br)cccc1C(=O)CCCl. The van der Waals surface area contributed by atoms with Crippen LogP contribution in [0.3, 0.4) is 0 Å². The first-order valence-electron chi connectivity index (χ1n) is 4.01. The van der Waals surface area contributed by atoms with E-state index in [4.69, 9.17) is 11.6 Å². The maximum atomic E-state index is 11.5. The number of rotatable bonds is 3. The Morgan fingerprint density at radius 2 is 2.23 bits per heavy atom. The van der Waals surface area contributed by atoms with Gasteiger partial charge in [0.2, 0.25) is 0 Å². The molecule has 1 aromatic rings. The van der Waals surface area contributed by atoms with E-state index in [0.29, 0.717) is 12.3 Å². The van der Waals surface area contributed by atoms with Gasteiger partial charge in [0.15, 0.2) is 5.78 Å². The summed E-state index contributed by atoms with van der Waals surface area (Å²) in [7, 11) is 0. The number of ketones is 1. The Hall–Kier alpha value is -0.340. The molecule has 0 fully saturated rings. The molecule has 0 amide bonds. The van der Waals surface area contributed by atoms with Crippen molar-refractivity contribution in [3.05, 3.63) is 33.8 Å². The van der Waals surface area contributed by atoms with Crippen LogP contribution in [0.1, 0.15) is 22.3 Å². The molecule has 0 aromatic heterocycles. The van der Waals surface area contributed by atoms with Crippen molar-refractivity contribution >= 4 is 33.3 Å². The third-order valence-electron chi connectivity index (χ3n) is 1.89. The summed E-state index contributed by atoms with van der Waals surface area (Å²) < 4.78 is 0.966. The topological polar surface area (TPSA) is 17.1 Å². The smallest absolute Gasteiger partial charge is 0.164 e. The van der Waals surface area contributed by atoms with E-state index in [0.717, 1.165) is 15.6 Å². The van der Waals surface area contributed by atoms with E-state index < -0.39 is 0 Å². The van der Waals surface area contributed by atoms with Gasteiger partial charge >= 0.3 is 0 Å². The van der Waals surface area contributed by atoms with Gasteiger partial charge in [0.05, 0.1) is 0 Å². The van der Waals surface area contributed by atoms with Gasteiger partial charge in [-0.2, -0.15) is 0 Å². The first-order chi connectivity index (χ1) is 6.16. The Bertz CT molecular complexity index is 323. The lowest BCUT2D eigenvalue weighted by molar-refractivity contribution is 0.0988. The van der Waals surface area contributed by atoms with Crippen molar-refractivity contribution in [2.24, 2.45) is 0 Å². The molecule has 3 heteroatoms. The minimum absolute atomic E-state index is 0.105. The maximum absolute atomic E-state index is 11.5. The van der Waals surface area contributed by atoms with Crippen molar-refractivity contribution in [2.45, 2.75) is 13.3 Å². The minimum atomic E-state index is 0.105. The van der Waals surface area contributed by atoms with Crippen LogP contribution in [0.25, 0.3) is 0 Å². The van der Waals surface area contributed by atoms with Crippen LogP contribution in [-0.4, -0.2) is 11.7 Å². The monoisotopic (exact) mass is 260 g/mol. The highest BCUT2D eigenvalue weighted by molar-refractivity contribution is 9.10. The summed E-state index contributed by atoms with van der Waals surface area (Å²) in [5.74, 6) is 0.485. The van der Waals surface area contributed by atoms with Crippen molar-refractivity contribution in [2.75, 3.05) is 5.88 Å². The Kier molecular flexibility index (Phi) is 3.94. The average Bonchev–Trinajstić information content (AvgIpc) is 2.10. The minimum Gasteiger partial charge on any atom is -0.294 e. The molecular formula is C10H10BrClO. The van der Waals surface area contributed by atoms with Crippen LogP contribution < -0.4 is 0 Å². The molecule has 1 nitrogen and oxygen atoms in total. The molecule has 0 bridgehead atoms. The molecule has 0 atom stereocenters. The number of alkyl halides is 1. The molecule has 0 aliphatic heterocycles. The number of hydrogen-bond acceptors (Lipinski definition) is 1. The van der Waals surface area contributed by atoms with E-state index in [9.17, 15) is 4.79 Å². The van der Waals surface area contributed by atoms with Gasteiger partial charge in [0, 0.05) is 22.3 Å². The molecular weight excluding hydrogens is 251 g/mol. The van der Waals surface area contributed by atoms with Crippen LogP contribution in [-0.2, 0) is 0 Å². The van der Waals surface area contributed by atoms with Crippen LogP contribution in [0.4, 0.5) is 0 Å². The molecule has 0 spiro atoms. The molecule has 1 aromatic carbocycles. The second-order valence-corrected chi connectivity index (χ2v) is 4.01.